The summed E-state index contributed by atoms with van der Waals surface area (Å²) in [5.41, 5.74) is 8.29. The van der Waals surface area contributed by atoms with Crippen molar-refractivity contribution < 1.29 is 0 Å². The maximum atomic E-state index is 6.12. The highest BCUT2D eigenvalue weighted by atomic mass is 35.5. The lowest BCUT2D eigenvalue weighted by Gasteiger charge is -2.12. The molecule has 1 nitrogen and oxygen atoms in total. The maximum Gasteiger partial charge on any atom is 0.124 e. The lowest BCUT2D eigenvalue weighted by Crippen LogP contribution is -1.93. The third kappa shape index (κ3) is 4.07. The Kier molecular flexibility index (Phi) is 5.98. The molecule has 0 unspecified atom stereocenters. The Morgan fingerprint density at radius 2 is 1.96 bits per heavy atom. The van der Waals surface area contributed by atoms with Gasteiger partial charge in [-0.2, -0.15) is 0 Å². The molecular weight excluding hydrogens is 370 g/mol. The Bertz CT molecular complexity index is 1050. The molecule has 2 aromatic carbocycles. The molecule has 138 valence electrons. The molecule has 3 aromatic rings. The molecule has 0 aliphatic heterocycles. The number of aryl methyl sites for hydroxylation is 1. The smallest absolute Gasteiger partial charge is 0.124 e. The SMILES string of the molecule is C=C(C)/C=C(\C=CC)c1nc2cc(C)c(CC)c(-c3ccc(Cl)cc3)c2s1. The second kappa shape index (κ2) is 8.24. The zero-order chi connectivity index (χ0) is 19.6. The van der Waals surface area contributed by atoms with Crippen molar-refractivity contribution in [3.8, 4) is 11.1 Å². The molecule has 1 heterocycles. The molecule has 1 aromatic heterocycles. The fourth-order valence-electron chi connectivity index (χ4n) is 3.36. The highest BCUT2D eigenvalue weighted by molar-refractivity contribution is 7.20. The highest BCUT2D eigenvalue weighted by Gasteiger charge is 2.17. The fraction of sp³-hybridized carbons (Fsp3) is 0.208. The first-order valence-corrected chi connectivity index (χ1v) is 10.3. The number of aromatic nitrogens is 1. The molecule has 27 heavy (non-hydrogen) atoms. The number of halogens is 1. The van der Waals surface area contributed by atoms with E-state index in [-0.39, 0.29) is 0 Å². The third-order valence-corrected chi connectivity index (χ3v) is 5.88. The molecule has 0 saturated carbocycles. The number of rotatable bonds is 5. The van der Waals surface area contributed by atoms with E-state index in [2.05, 4.69) is 50.8 Å². The zero-order valence-electron chi connectivity index (χ0n) is 16.3. The largest absolute Gasteiger partial charge is 0.236 e. The Morgan fingerprint density at radius 1 is 1.26 bits per heavy atom. The van der Waals surface area contributed by atoms with Gasteiger partial charge < -0.3 is 0 Å². The topological polar surface area (TPSA) is 12.9 Å². The molecule has 0 atom stereocenters. The van der Waals surface area contributed by atoms with Crippen LogP contribution in [0.2, 0.25) is 5.02 Å². The van der Waals surface area contributed by atoms with Gasteiger partial charge in [0.25, 0.3) is 0 Å². The van der Waals surface area contributed by atoms with Crippen LogP contribution in [-0.2, 0) is 6.42 Å². The van der Waals surface area contributed by atoms with E-state index in [0.717, 1.165) is 33.1 Å². The summed E-state index contributed by atoms with van der Waals surface area (Å²) in [4.78, 5) is 4.96. The predicted molar refractivity (Wildman–Crippen MR) is 122 cm³/mol. The second-order valence-electron chi connectivity index (χ2n) is 6.72. The molecule has 0 saturated heterocycles. The summed E-state index contributed by atoms with van der Waals surface area (Å²) in [6, 6.07) is 10.3. The normalized spacial score (nSPS) is 12.3. The molecule has 0 aliphatic carbocycles. The minimum absolute atomic E-state index is 0.755. The summed E-state index contributed by atoms with van der Waals surface area (Å²) >= 11 is 7.86. The van der Waals surface area contributed by atoms with Crippen LogP contribution in [0.3, 0.4) is 0 Å². The first-order chi connectivity index (χ1) is 12.9. The molecule has 0 aliphatic rings. The van der Waals surface area contributed by atoms with Gasteiger partial charge in [0.15, 0.2) is 0 Å². The summed E-state index contributed by atoms with van der Waals surface area (Å²) < 4.78 is 1.23. The third-order valence-electron chi connectivity index (χ3n) is 4.49. The Balaban J connectivity index is 2.31. The van der Waals surface area contributed by atoms with E-state index in [1.54, 1.807) is 11.3 Å². The molecule has 0 spiro atoms. The summed E-state index contributed by atoms with van der Waals surface area (Å²) in [5.74, 6) is 0. The van der Waals surface area contributed by atoms with Crippen LogP contribution in [0.4, 0.5) is 0 Å². The van der Waals surface area contributed by atoms with Gasteiger partial charge in [-0.25, -0.2) is 4.98 Å². The van der Waals surface area contributed by atoms with E-state index < -0.39 is 0 Å². The van der Waals surface area contributed by atoms with Gasteiger partial charge in [0.2, 0.25) is 0 Å². The van der Waals surface area contributed by atoms with Crippen LogP contribution in [0.1, 0.15) is 36.9 Å². The average Bonchev–Trinajstić information content (AvgIpc) is 3.04. The van der Waals surface area contributed by atoms with Gasteiger partial charge in [-0.15, -0.1) is 11.3 Å². The van der Waals surface area contributed by atoms with Crippen molar-refractivity contribution in [3.05, 3.63) is 81.9 Å². The van der Waals surface area contributed by atoms with Crippen LogP contribution in [0.25, 0.3) is 26.9 Å². The molecule has 3 heteroatoms. The summed E-state index contributed by atoms with van der Waals surface area (Å²) in [7, 11) is 0. The second-order valence-corrected chi connectivity index (χ2v) is 8.16. The van der Waals surface area contributed by atoms with E-state index in [1.165, 1.54) is 27.0 Å². The minimum atomic E-state index is 0.755. The fourth-order valence-corrected chi connectivity index (χ4v) is 4.62. The van der Waals surface area contributed by atoms with Gasteiger partial charge in [-0.3, -0.25) is 0 Å². The number of thiazole rings is 1. The van der Waals surface area contributed by atoms with Crippen LogP contribution >= 0.6 is 22.9 Å². The van der Waals surface area contributed by atoms with E-state index in [4.69, 9.17) is 16.6 Å². The Hall–Kier alpha value is -2.16. The lowest BCUT2D eigenvalue weighted by molar-refractivity contribution is 1.12. The van der Waals surface area contributed by atoms with E-state index >= 15 is 0 Å². The molecule has 0 bridgehead atoms. The van der Waals surface area contributed by atoms with Gasteiger partial charge >= 0.3 is 0 Å². The average molecular weight is 394 g/mol. The molecule has 0 fully saturated rings. The molecule has 3 rings (SSSR count). The van der Waals surface area contributed by atoms with E-state index in [9.17, 15) is 0 Å². The van der Waals surface area contributed by atoms with Crippen molar-refractivity contribution in [2.45, 2.75) is 34.1 Å². The van der Waals surface area contributed by atoms with Gasteiger partial charge in [0.05, 0.1) is 10.2 Å². The van der Waals surface area contributed by atoms with Crippen molar-refractivity contribution in [2.24, 2.45) is 0 Å². The monoisotopic (exact) mass is 393 g/mol. The predicted octanol–water partition coefficient (Wildman–Crippen LogP) is 8.02. The molecule has 0 radical (unpaired) electrons. The molecular formula is C24H24ClNS. The van der Waals surface area contributed by atoms with Gasteiger partial charge in [0.1, 0.15) is 5.01 Å². The number of hydrogen-bond acceptors (Lipinski definition) is 2. The standard InChI is InChI=1S/C24H24ClNS/c1-6-8-18(13-15(3)4)24-26-21-14-16(5)20(7-2)22(23(21)27-24)17-9-11-19(25)12-10-17/h6,8-14H,3,7H2,1-2,4-5H3/b8-6?,18-13+. The van der Waals surface area contributed by atoms with Crippen LogP contribution in [-0.4, -0.2) is 4.98 Å². The lowest BCUT2D eigenvalue weighted by atomic mass is 9.94. The van der Waals surface area contributed by atoms with Crippen molar-refractivity contribution in [1.29, 1.82) is 0 Å². The summed E-state index contributed by atoms with van der Waals surface area (Å²) in [6.45, 7) is 12.4. The first-order valence-electron chi connectivity index (χ1n) is 9.13. The quantitative estimate of drug-likeness (QED) is 0.400. The van der Waals surface area contributed by atoms with Gasteiger partial charge in [0, 0.05) is 16.2 Å². The number of hydrogen-bond donors (Lipinski definition) is 0. The molecule has 0 amide bonds. The van der Waals surface area contributed by atoms with Crippen LogP contribution < -0.4 is 0 Å². The number of fused-ring (bicyclic) bond motifs is 1. The highest BCUT2D eigenvalue weighted by Crippen LogP contribution is 2.40. The van der Waals surface area contributed by atoms with Crippen LogP contribution in [0.5, 0.6) is 0 Å². The minimum Gasteiger partial charge on any atom is -0.236 e. The van der Waals surface area contributed by atoms with E-state index in [1.807, 2.05) is 32.1 Å². The summed E-state index contributed by atoms with van der Waals surface area (Å²) in [5, 5.41) is 1.78. The molecule has 0 N–H and O–H groups in total. The van der Waals surface area contributed by atoms with E-state index in [0.29, 0.717) is 0 Å². The Labute approximate surface area is 170 Å². The van der Waals surface area contributed by atoms with Gasteiger partial charge in [-0.1, -0.05) is 55.0 Å². The van der Waals surface area contributed by atoms with Crippen LogP contribution in [0.15, 0.2) is 60.7 Å². The van der Waals surface area contributed by atoms with Crippen molar-refractivity contribution in [3.63, 3.8) is 0 Å². The summed E-state index contributed by atoms with van der Waals surface area (Å²) in [6.07, 6.45) is 7.22. The van der Waals surface area contributed by atoms with Gasteiger partial charge in [-0.05, 0) is 68.2 Å². The Morgan fingerprint density at radius 3 is 2.56 bits per heavy atom. The number of nitrogens with zero attached hydrogens (tertiary/aromatic N) is 1. The maximum absolute atomic E-state index is 6.12. The zero-order valence-corrected chi connectivity index (χ0v) is 17.8. The van der Waals surface area contributed by atoms with Crippen LogP contribution in [0, 0.1) is 6.92 Å². The number of allylic oxidation sites excluding steroid dienone is 5. The van der Waals surface area contributed by atoms with Crippen molar-refractivity contribution in [1.82, 2.24) is 4.98 Å². The van der Waals surface area contributed by atoms with Crippen molar-refractivity contribution >= 4 is 38.7 Å². The first kappa shape index (κ1) is 19.6. The number of benzene rings is 2. The van der Waals surface area contributed by atoms with Crippen molar-refractivity contribution in [2.75, 3.05) is 0 Å².